The molecule has 1 amide bonds. The zero-order valence-corrected chi connectivity index (χ0v) is 10.1. The van der Waals surface area contributed by atoms with Gasteiger partial charge in [-0.05, 0) is 33.5 Å². The standard InChI is InChI=1S/C11H20N2O3/c1-12(2)7-6-9-8(11(15)16)4-5-10(14)13(9)3/h8-9H,4-7H2,1-3H3,(H,15,16)/t8-,9+/m0/s1. The molecule has 0 aromatic rings. The number of rotatable bonds is 4. The smallest absolute Gasteiger partial charge is 0.308 e. The Labute approximate surface area is 96.0 Å². The van der Waals surface area contributed by atoms with Crippen molar-refractivity contribution < 1.29 is 14.7 Å². The molecule has 1 saturated heterocycles. The van der Waals surface area contributed by atoms with E-state index in [0.717, 1.165) is 6.54 Å². The molecular formula is C11H20N2O3. The van der Waals surface area contributed by atoms with Gasteiger partial charge in [0.25, 0.3) is 0 Å². The molecule has 92 valence electrons. The van der Waals surface area contributed by atoms with Gasteiger partial charge in [-0.1, -0.05) is 0 Å². The largest absolute Gasteiger partial charge is 0.481 e. The summed E-state index contributed by atoms with van der Waals surface area (Å²) in [6.45, 7) is 0.798. The normalized spacial score (nSPS) is 26.2. The number of piperidine rings is 1. The maximum absolute atomic E-state index is 11.5. The highest BCUT2D eigenvalue weighted by atomic mass is 16.4. The molecule has 1 rings (SSSR count). The summed E-state index contributed by atoms with van der Waals surface area (Å²) in [4.78, 5) is 26.3. The number of carbonyl (C=O) groups excluding carboxylic acids is 1. The lowest BCUT2D eigenvalue weighted by Crippen LogP contribution is -2.49. The maximum atomic E-state index is 11.5. The van der Waals surface area contributed by atoms with Crippen LogP contribution < -0.4 is 0 Å². The van der Waals surface area contributed by atoms with E-state index < -0.39 is 11.9 Å². The van der Waals surface area contributed by atoms with Crippen LogP contribution in [0.2, 0.25) is 0 Å². The Balaban J connectivity index is 2.69. The van der Waals surface area contributed by atoms with Crippen LogP contribution in [0.25, 0.3) is 0 Å². The van der Waals surface area contributed by atoms with Crippen LogP contribution in [0.1, 0.15) is 19.3 Å². The van der Waals surface area contributed by atoms with E-state index in [1.165, 1.54) is 0 Å². The van der Waals surface area contributed by atoms with Crippen LogP contribution in [0.5, 0.6) is 0 Å². The average Bonchev–Trinajstić information content (AvgIpc) is 2.19. The number of hydrogen-bond donors (Lipinski definition) is 1. The SMILES string of the molecule is CN(C)CC[C@@H]1[C@@H](C(=O)O)CCC(=O)N1C. The average molecular weight is 228 g/mol. The number of nitrogens with zero attached hydrogens (tertiary/aromatic N) is 2. The molecule has 0 saturated carbocycles. The molecule has 0 aromatic carbocycles. The summed E-state index contributed by atoms with van der Waals surface area (Å²) in [5.41, 5.74) is 0. The molecular weight excluding hydrogens is 208 g/mol. The quantitative estimate of drug-likeness (QED) is 0.749. The molecule has 1 N–H and O–H groups in total. The van der Waals surface area contributed by atoms with Crippen LogP contribution in [0.3, 0.4) is 0 Å². The van der Waals surface area contributed by atoms with Crippen LogP contribution in [0.15, 0.2) is 0 Å². The first-order chi connectivity index (χ1) is 7.43. The summed E-state index contributed by atoms with van der Waals surface area (Å²) in [5, 5.41) is 9.13. The molecule has 16 heavy (non-hydrogen) atoms. The van der Waals surface area contributed by atoms with E-state index in [1.54, 1.807) is 11.9 Å². The summed E-state index contributed by atoms with van der Waals surface area (Å²) >= 11 is 0. The van der Waals surface area contributed by atoms with Crippen LogP contribution >= 0.6 is 0 Å². The molecule has 0 spiro atoms. The second kappa shape index (κ2) is 5.30. The Morgan fingerprint density at radius 2 is 2.19 bits per heavy atom. The van der Waals surface area contributed by atoms with Gasteiger partial charge in [0, 0.05) is 19.5 Å². The van der Waals surface area contributed by atoms with Gasteiger partial charge in [0.2, 0.25) is 5.91 Å². The van der Waals surface area contributed by atoms with Crippen LogP contribution in [-0.2, 0) is 9.59 Å². The predicted octanol–water partition coefficient (Wildman–Crippen LogP) is 0.260. The third kappa shape index (κ3) is 2.95. The zero-order chi connectivity index (χ0) is 12.3. The second-order valence-corrected chi connectivity index (χ2v) is 4.65. The molecule has 5 nitrogen and oxygen atoms in total. The summed E-state index contributed by atoms with van der Waals surface area (Å²) in [5.74, 6) is -1.15. The minimum absolute atomic E-state index is 0.0567. The zero-order valence-electron chi connectivity index (χ0n) is 10.1. The highest BCUT2D eigenvalue weighted by Gasteiger charge is 2.37. The van der Waals surface area contributed by atoms with E-state index in [2.05, 4.69) is 0 Å². The molecule has 1 fully saturated rings. The highest BCUT2D eigenvalue weighted by molar-refractivity contribution is 5.81. The van der Waals surface area contributed by atoms with Gasteiger partial charge < -0.3 is 14.9 Å². The van der Waals surface area contributed by atoms with E-state index in [9.17, 15) is 9.59 Å². The van der Waals surface area contributed by atoms with Gasteiger partial charge in [0.05, 0.1) is 5.92 Å². The lowest BCUT2D eigenvalue weighted by molar-refractivity contribution is -0.150. The molecule has 0 radical (unpaired) electrons. The van der Waals surface area contributed by atoms with Crippen LogP contribution in [0.4, 0.5) is 0 Å². The predicted molar refractivity (Wildman–Crippen MR) is 60.1 cm³/mol. The molecule has 5 heteroatoms. The molecule has 2 atom stereocenters. The second-order valence-electron chi connectivity index (χ2n) is 4.65. The fourth-order valence-electron chi connectivity index (χ4n) is 2.18. The van der Waals surface area contributed by atoms with Crippen molar-refractivity contribution in [2.45, 2.75) is 25.3 Å². The number of aliphatic carboxylic acids is 1. The summed E-state index contributed by atoms with van der Waals surface area (Å²) in [6.07, 6.45) is 1.54. The van der Waals surface area contributed by atoms with Crippen molar-refractivity contribution in [1.82, 2.24) is 9.80 Å². The van der Waals surface area contributed by atoms with Gasteiger partial charge in [-0.2, -0.15) is 0 Å². The van der Waals surface area contributed by atoms with Crippen molar-refractivity contribution in [3.8, 4) is 0 Å². The first kappa shape index (κ1) is 13.0. The first-order valence-electron chi connectivity index (χ1n) is 5.56. The Bertz CT molecular complexity index is 278. The van der Waals surface area contributed by atoms with E-state index in [4.69, 9.17) is 5.11 Å². The molecule has 1 aliphatic rings. The molecule has 0 unspecified atom stereocenters. The number of amides is 1. The van der Waals surface area contributed by atoms with Gasteiger partial charge in [0.15, 0.2) is 0 Å². The van der Waals surface area contributed by atoms with E-state index in [1.807, 2.05) is 19.0 Å². The summed E-state index contributed by atoms with van der Waals surface area (Å²) in [7, 11) is 5.60. The molecule has 0 aliphatic carbocycles. The number of carboxylic acid groups (broad SMARTS) is 1. The Morgan fingerprint density at radius 3 is 2.69 bits per heavy atom. The monoisotopic (exact) mass is 228 g/mol. The van der Waals surface area contributed by atoms with Gasteiger partial charge >= 0.3 is 5.97 Å². The summed E-state index contributed by atoms with van der Waals surface area (Å²) < 4.78 is 0. The van der Waals surface area contributed by atoms with Gasteiger partial charge in [0.1, 0.15) is 0 Å². The van der Waals surface area contributed by atoms with E-state index in [-0.39, 0.29) is 11.9 Å². The highest BCUT2D eigenvalue weighted by Crippen LogP contribution is 2.25. The third-order valence-electron chi connectivity index (χ3n) is 3.21. The Morgan fingerprint density at radius 1 is 1.56 bits per heavy atom. The Hall–Kier alpha value is -1.10. The molecule has 0 bridgehead atoms. The number of hydrogen-bond acceptors (Lipinski definition) is 3. The molecule has 1 aliphatic heterocycles. The Kier molecular flexibility index (Phi) is 4.29. The molecule has 0 aromatic heterocycles. The number of likely N-dealkylation sites (tertiary alicyclic amines) is 1. The van der Waals surface area contributed by atoms with E-state index in [0.29, 0.717) is 19.3 Å². The molecule has 1 heterocycles. The van der Waals surface area contributed by atoms with Crippen molar-refractivity contribution in [2.75, 3.05) is 27.7 Å². The van der Waals surface area contributed by atoms with Gasteiger partial charge in [-0.15, -0.1) is 0 Å². The van der Waals surface area contributed by atoms with Crippen molar-refractivity contribution in [2.24, 2.45) is 5.92 Å². The van der Waals surface area contributed by atoms with Crippen molar-refractivity contribution in [3.05, 3.63) is 0 Å². The summed E-state index contributed by atoms with van der Waals surface area (Å²) in [6, 6.07) is -0.166. The third-order valence-corrected chi connectivity index (χ3v) is 3.21. The van der Waals surface area contributed by atoms with Crippen molar-refractivity contribution >= 4 is 11.9 Å². The lowest BCUT2D eigenvalue weighted by Gasteiger charge is -2.37. The maximum Gasteiger partial charge on any atom is 0.308 e. The fraction of sp³-hybridized carbons (Fsp3) is 0.818. The minimum Gasteiger partial charge on any atom is -0.481 e. The van der Waals surface area contributed by atoms with Gasteiger partial charge in [-0.25, -0.2) is 0 Å². The van der Waals surface area contributed by atoms with Crippen LogP contribution in [0, 0.1) is 5.92 Å². The van der Waals surface area contributed by atoms with Gasteiger partial charge in [-0.3, -0.25) is 9.59 Å². The number of carbonyl (C=O) groups is 2. The van der Waals surface area contributed by atoms with E-state index >= 15 is 0 Å². The topological polar surface area (TPSA) is 60.9 Å². The van der Waals surface area contributed by atoms with Crippen molar-refractivity contribution in [1.29, 1.82) is 0 Å². The van der Waals surface area contributed by atoms with Crippen LogP contribution in [-0.4, -0.2) is 60.5 Å². The lowest BCUT2D eigenvalue weighted by atomic mass is 9.87. The first-order valence-corrected chi connectivity index (χ1v) is 5.56. The minimum atomic E-state index is -0.789. The number of carboxylic acids is 1. The van der Waals surface area contributed by atoms with Crippen molar-refractivity contribution in [3.63, 3.8) is 0 Å². The fourth-order valence-corrected chi connectivity index (χ4v) is 2.18.